The van der Waals surface area contributed by atoms with Gasteiger partial charge in [-0.05, 0) is 34.7 Å². The highest BCUT2D eigenvalue weighted by molar-refractivity contribution is 14.1. The Bertz CT molecular complexity index is 215. The van der Waals surface area contributed by atoms with Crippen molar-refractivity contribution in [2.24, 2.45) is 0 Å². The summed E-state index contributed by atoms with van der Waals surface area (Å²) in [6, 6.07) is 8.11. The van der Waals surface area contributed by atoms with Crippen LogP contribution in [-0.4, -0.2) is 7.11 Å². The fourth-order valence-electron chi connectivity index (χ4n) is 0.602. The maximum Gasteiger partial charge on any atom is 0.0508 e. The standard InChI is InChI=1S/C7H7IOS/c1-9-10-7-5-3-2-4-6(7)8/h2-5H,1H3. The Hall–Kier alpha value is 0.260. The first-order valence-corrected chi connectivity index (χ1v) is 4.62. The summed E-state index contributed by atoms with van der Waals surface area (Å²) in [5, 5.41) is 0. The predicted octanol–water partition coefficient (Wildman–Crippen LogP) is 2.94. The molecule has 0 bridgehead atoms. The van der Waals surface area contributed by atoms with Gasteiger partial charge in [0.1, 0.15) is 0 Å². The second-order valence-corrected chi connectivity index (χ2v) is 3.78. The van der Waals surface area contributed by atoms with Crippen molar-refractivity contribution in [1.82, 2.24) is 0 Å². The summed E-state index contributed by atoms with van der Waals surface area (Å²) in [6.45, 7) is 0. The van der Waals surface area contributed by atoms with Gasteiger partial charge in [-0.1, -0.05) is 12.1 Å². The van der Waals surface area contributed by atoms with E-state index in [1.807, 2.05) is 18.2 Å². The summed E-state index contributed by atoms with van der Waals surface area (Å²) in [6.07, 6.45) is 0. The zero-order valence-electron chi connectivity index (χ0n) is 5.50. The van der Waals surface area contributed by atoms with Crippen LogP contribution in [0.15, 0.2) is 29.2 Å². The van der Waals surface area contributed by atoms with Crippen LogP contribution in [0.4, 0.5) is 0 Å². The Balaban J connectivity index is 2.81. The molecular weight excluding hydrogens is 259 g/mol. The molecule has 0 aliphatic rings. The van der Waals surface area contributed by atoms with Crippen LogP contribution in [0.3, 0.4) is 0 Å². The fraction of sp³-hybridized carbons (Fsp3) is 0.143. The third-order valence-electron chi connectivity index (χ3n) is 1.01. The summed E-state index contributed by atoms with van der Waals surface area (Å²) in [5.41, 5.74) is 0. The lowest BCUT2D eigenvalue weighted by Gasteiger charge is -1.98. The van der Waals surface area contributed by atoms with Crippen molar-refractivity contribution in [3.8, 4) is 0 Å². The highest BCUT2D eigenvalue weighted by atomic mass is 127. The first-order valence-electron chi connectivity index (χ1n) is 2.80. The summed E-state index contributed by atoms with van der Waals surface area (Å²) < 4.78 is 6.15. The van der Waals surface area contributed by atoms with Gasteiger partial charge >= 0.3 is 0 Å². The van der Waals surface area contributed by atoms with Crippen LogP contribution in [0.5, 0.6) is 0 Å². The Kier molecular flexibility index (Phi) is 3.51. The number of hydrogen-bond donors (Lipinski definition) is 0. The molecule has 10 heavy (non-hydrogen) atoms. The number of rotatable bonds is 2. The molecule has 0 heterocycles. The summed E-state index contributed by atoms with van der Waals surface area (Å²) in [7, 11) is 1.67. The molecule has 0 fully saturated rings. The van der Waals surface area contributed by atoms with Gasteiger partial charge in [-0.3, -0.25) is 0 Å². The molecule has 1 aromatic carbocycles. The molecule has 0 radical (unpaired) electrons. The van der Waals surface area contributed by atoms with Crippen molar-refractivity contribution in [2.45, 2.75) is 4.90 Å². The van der Waals surface area contributed by atoms with Gasteiger partial charge in [0.15, 0.2) is 0 Å². The van der Waals surface area contributed by atoms with Crippen LogP contribution in [0.2, 0.25) is 0 Å². The van der Waals surface area contributed by atoms with Crippen LogP contribution >= 0.6 is 34.6 Å². The molecule has 1 nitrogen and oxygen atoms in total. The zero-order valence-corrected chi connectivity index (χ0v) is 8.48. The normalized spacial score (nSPS) is 9.80. The molecule has 0 N–H and O–H groups in total. The smallest absolute Gasteiger partial charge is 0.0508 e. The molecule has 0 amide bonds. The minimum Gasteiger partial charge on any atom is -0.314 e. The first-order chi connectivity index (χ1) is 4.84. The van der Waals surface area contributed by atoms with Gasteiger partial charge in [0.25, 0.3) is 0 Å². The van der Waals surface area contributed by atoms with Gasteiger partial charge in [0.05, 0.1) is 7.11 Å². The maximum absolute atomic E-state index is 4.92. The van der Waals surface area contributed by atoms with E-state index < -0.39 is 0 Å². The molecule has 1 aromatic rings. The van der Waals surface area contributed by atoms with Crippen molar-refractivity contribution < 1.29 is 4.18 Å². The fourth-order valence-corrected chi connectivity index (χ4v) is 1.72. The monoisotopic (exact) mass is 266 g/mol. The van der Waals surface area contributed by atoms with Crippen molar-refractivity contribution in [3.05, 3.63) is 27.8 Å². The molecule has 0 saturated carbocycles. The molecule has 0 aliphatic carbocycles. The third-order valence-corrected chi connectivity index (χ3v) is 3.02. The van der Waals surface area contributed by atoms with E-state index in [1.54, 1.807) is 7.11 Å². The molecule has 0 unspecified atom stereocenters. The minimum atomic E-state index is 1.17. The van der Waals surface area contributed by atoms with E-state index >= 15 is 0 Å². The lowest BCUT2D eigenvalue weighted by molar-refractivity contribution is 0.489. The lowest BCUT2D eigenvalue weighted by atomic mass is 10.4. The average molecular weight is 266 g/mol. The Morgan fingerprint density at radius 3 is 2.70 bits per heavy atom. The van der Waals surface area contributed by atoms with Crippen molar-refractivity contribution in [2.75, 3.05) is 7.11 Å². The van der Waals surface area contributed by atoms with Crippen LogP contribution in [-0.2, 0) is 4.18 Å². The van der Waals surface area contributed by atoms with Crippen molar-refractivity contribution in [3.63, 3.8) is 0 Å². The largest absolute Gasteiger partial charge is 0.314 e. The van der Waals surface area contributed by atoms with Crippen LogP contribution in [0.1, 0.15) is 0 Å². The second-order valence-electron chi connectivity index (χ2n) is 1.68. The molecule has 0 aromatic heterocycles. The number of benzene rings is 1. The van der Waals surface area contributed by atoms with Crippen LogP contribution in [0.25, 0.3) is 0 Å². The quantitative estimate of drug-likeness (QED) is 0.601. The van der Waals surface area contributed by atoms with Gasteiger partial charge in [-0.15, -0.1) is 0 Å². The molecule has 3 heteroatoms. The molecule has 0 saturated heterocycles. The van der Waals surface area contributed by atoms with Gasteiger partial charge < -0.3 is 4.18 Å². The number of halogens is 1. The maximum atomic E-state index is 4.92. The van der Waals surface area contributed by atoms with E-state index in [0.717, 1.165) is 0 Å². The summed E-state index contributed by atoms with van der Waals surface area (Å²) in [5.74, 6) is 0. The molecule has 54 valence electrons. The summed E-state index contributed by atoms with van der Waals surface area (Å²) >= 11 is 3.68. The predicted molar refractivity (Wildman–Crippen MR) is 52.0 cm³/mol. The minimum absolute atomic E-state index is 1.17. The van der Waals surface area contributed by atoms with Crippen molar-refractivity contribution >= 4 is 34.6 Å². The zero-order chi connectivity index (χ0) is 7.40. The van der Waals surface area contributed by atoms with Crippen LogP contribution in [0, 0.1) is 3.57 Å². The van der Waals surface area contributed by atoms with E-state index in [0.29, 0.717) is 0 Å². The highest BCUT2D eigenvalue weighted by Crippen LogP contribution is 2.23. The molecule has 0 atom stereocenters. The van der Waals surface area contributed by atoms with E-state index in [2.05, 4.69) is 28.7 Å². The van der Waals surface area contributed by atoms with E-state index in [-0.39, 0.29) is 0 Å². The SMILES string of the molecule is COSc1ccccc1I. The Morgan fingerprint density at radius 2 is 2.10 bits per heavy atom. The van der Waals surface area contributed by atoms with Gasteiger partial charge in [0.2, 0.25) is 0 Å². The molecular formula is C7H7IOS. The first kappa shape index (κ1) is 8.36. The van der Waals surface area contributed by atoms with E-state index in [4.69, 9.17) is 4.18 Å². The lowest BCUT2D eigenvalue weighted by Crippen LogP contribution is -1.76. The van der Waals surface area contributed by atoms with Crippen molar-refractivity contribution in [1.29, 1.82) is 0 Å². The van der Waals surface area contributed by atoms with Gasteiger partial charge in [-0.25, -0.2) is 0 Å². The highest BCUT2D eigenvalue weighted by Gasteiger charge is 1.96. The molecule has 0 aliphatic heterocycles. The molecule has 0 spiro atoms. The van der Waals surface area contributed by atoms with E-state index in [9.17, 15) is 0 Å². The van der Waals surface area contributed by atoms with E-state index in [1.165, 1.54) is 20.5 Å². The van der Waals surface area contributed by atoms with Gasteiger partial charge in [-0.2, -0.15) is 0 Å². The Morgan fingerprint density at radius 1 is 1.40 bits per heavy atom. The third kappa shape index (κ3) is 2.14. The topological polar surface area (TPSA) is 9.23 Å². The number of hydrogen-bond acceptors (Lipinski definition) is 2. The Labute approximate surface area is 78.5 Å². The van der Waals surface area contributed by atoms with Gasteiger partial charge in [0, 0.05) is 20.5 Å². The molecule has 1 rings (SSSR count). The summed E-state index contributed by atoms with van der Waals surface area (Å²) in [4.78, 5) is 1.17. The second kappa shape index (κ2) is 4.20. The average Bonchev–Trinajstić information content (AvgIpc) is 1.94. The van der Waals surface area contributed by atoms with Crippen LogP contribution < -0.4 is 0 Å².